The Morgan fingerprint density at radius 2 is 1.81 bits per heavy atom. The molecule has 27 heavy (non-hydrogen) atoms. The van der Waals surface area contributed by atoms with Gasteiger partial charge in [0.2, 0.25) is 11.8 Å². The van der Waals surface area contributed by atoms with Crippen LogP contribution in [0.5, 0.6) is 0 Å². The van der Waals surface area contributed by atoms with Gasteiger partial charge in [0.15, 0.2) is 0 Å². The van der Waals surface area contributed by atoms with Crippen molar-refractivity contribution in [2.45, 2.75) is 44.7 Å². The number of nitrogens with one attached hydrogen (secondary N) is 1. The molecule has 4 rings (SSSR count). The van der Waals surface area contributed by atoms with Crippen LogP contribution in [0.3, 0.4) is 0 Å². The van der Waals surface area contributed by atoms with Gasteiger partial charge in [-0.3, -0.25) is 14.5 Å². The molecule has 1 aromatic carbocycles. The maximum atomic E-state index is 12.7. The molecule has 2 aliphatic heterocycles. The number of rotatable bonds is 6. The van der Waals surface area contributed by atoms with Gasteiger partial charge in [0, 0.05) is 43.6 Å². The van der Waals surface area contributed by atoms with Gasteiger partial charge in [0.25, 0.3) is 0 Å². The fraction of sp³-hybridized carbons (Fsp3) is 0.550. The minimum atomic E-state index is -0.117. The highest BCUT2D eigenvalue weighted by molar-refractivity contribution is 6.01. The smallest absolute Gasteiger partial charge is 0.322 e. The van der Waals surface area contributed by atoms with Crippen molar-refractivity contribution in [1.82, 2.24) is 9.80 Å². The SMILES string of the molecule is O=C1CCC(=O)N1Cc1ccc(NC(=O)N(CC2CCOC2)C2CC2)cc1. The first-order valence-corrected chi connectivity index (χ1v) is 9.67. The molecule has 0 radical (unpaired) electrons. The molecule has 0 bridgehead atoms. The number of amides is 4. The van der Waals surface area contributed by atoms with Crippen molar-refractivity contribution in [2.75, 3.05) is 25.1 Å². The summed E-state index contributed by atoms with van der Waals surface area (Å²) in [6, 6.07) is 7.62. The van der Waals surface area contributed by atoms with Crippen molar-refractivity contribution in [3.05, 3.63) is 29.8 Å². The second-order valence-electron chi connectivity index (χ2n) is 7.61. The van der Waals surface area contributed by atoms with Crippen molar-refractivity contribution >= 4 is 23.5 Å². The van der Waals surface area contributed by atoms with Crippen molar-refractivity contribution in [2.24, 2.45) is 5.92 Å². The predicted octanol–water partition coefficient (Wildman–Crippen LogP) is 2.37. The van der Waals surface area contributed by atoms with E-state index >= 15 is 0 Å². The molecule has 3 fully saturated rings. The molecule has 1 aliphatic carbocycles. The third-order valence-electron chi connectivity index (χ3n) is 5.43. The number of imide groups is 1. The Morgan fingerprint density at radius 1 is 1.11 bits per heavy atom. The number of hydrogen-bond acceptors (Lipinski definition) is 4. The summed E-state index contributed by atoms with van der Waals surface area (Å²) in [5.74, 6) is 0.191. The number of hydrogen-bond donors (Lipinski definition) is 1. The molecule has 2 heterocycles. The fourth-order valence-electron chi connectivity index (χ4n) is 3.66. The van der Waals surface area contributed by atoms with Gasteiger partial charge < -0.3 is 15.0 Å². The standard InChI is InChI=1S/C20H25N3O4/c24-18-7-8-19(25)23(18)11-14-1-3-16(4-2-14)21-20(26)22(17-5-6-17)12-15-9-10-27-13-15/h1-4,15,17H,5-13H2,(H,21,26). The second kappa shape index (κ2) is 7.68. The molecule has 7 heteroatoms. The molecule has 1 aromatic rings. The maximum absolute atomic E-state index is 12.7. The van der Waals surface area contributed by atoms with E-state index in [0.29, 0.717) is 31.3 Å². The lowest BCUT2D eigenvalue weighted by Crippen LogP contribution is -2.40. The summed E-state index contributed by atoms with van der Waals surface area (Å²) in [5.41, 5.74) is 1.59. The first-order valence-electron chi connectivity index (χ1n) is 9.67. The van der Waals surface area contributed by atoms with Crippen LogP contribution in [0, 0.1) is 5.92 Å². The number of carbonyl (C=O) groups excluding carboxylic acids is 3. The molecule has 3 aliphatic rings. The zero-order valence-electron chi connectivity index (χ0n) is 15.4. The first-order chi connectivity index (χ1) is 13.1. The number of carbonyl (C=O) groups is 3. The van der Waals surface area contributed by atoms with E-state index in [1.54, 1.807) is 0 Å². The average Bonchev–Trinajstić information content (AvgIpc) is 3.28. The van der Waals surface area contributed by atoms with Crippen molar-refractivity contribution < 1.29 is 19.1 Å². The maximum Gasteiger partial charge on any atom is 0.322 e. The van der Waals surface area contributed by atoms with Crippen LogP contribution in [0.15, 0.2) is 24.3 Å². The van der Waals surface area contributed by atoms with Crippen LogP contribution >= 0.6 is 0 Å². The van der Waals surface area contributed by atoms with Crippen molar-refractivity contribution in [3.63, 3.8) is 0 Å². The van der Waals surface area contributed by atoms with Gasteiger partial charge in [-0.25, -0.2) is 4.79 Å². The lowest BCUT2D eigenvalue weighted by Gasteiger charge is -2.25. The molecule has 144 valence electrons. The molecule has 0 aromatic heterocycles. The summed E-state index contributed by atoms with van der Waals surface area (Å²) in [4.78, 5) is 39.4. The van der Waals surface area contributed by atoms with Gasteiger partial charge in [0.05, 0.1) is 13.2 Å². The van der Waals surface area contributed by atoms with E-state index in [4.69, 9.17) is 4.74 Å². The summed E-state index contributed by atoms with van der Waals surface area (Å²) in [6.07, 6.45) is 3.75. The highest BCUT2D eigenvalue weighted by atomic mass is 16.5. The molecule has 0 spiro atoms. The molecule has 1 N–H and O–H groups in total. The molecule has 1 saturated carbocycles. The Hall–Kier alpha value is -2.41. The Morgan fingerprint density at radius 3 is 2.41 bits per heavy atom. The molecule has 1 atom stereocenters. The molecule has 4 amide bonds. The summed E-state index contributed by atoms with van der Waals surface area (Å²) >= 11 is 0. The van der Waals surface area contributed by atoms with Gasteiger partial charge >= 0.3 is 6.03 Å². The number of urea groups is 1. The third-order valence-corrected chi connectivity index (χ3v) is 5.43. The number of benzene rings is 1. The Kier molecular flexibility index (Phi) is 5.11. The molecule has 7 nitrogen and oxygen atoms in total. The van der Waals surface area contributed by atoms with Gasteiger partial charge in [-0.1, -0.05) is 12.1 Å². The van der Waals surface area contributed by atoms with E-state index < -0.39 is 0 Å². The van der Waals surface area contributed by atoms with Gasteiger partial charge in [0.1, 0.15) is 0 Å². The Bertz CT molecular complexity index is 707. The Balaban J connectivity index is 1.34. The van der Waals surface area contributed by atoms with E-state index in [1.165, 1.54) is 4.90 Å². The molecule has 1 unspecified atom stereocenters. The molecule has 2 saturated heterocycles. The van der Waals surface area contributed by atoms with E-state index in [9.17, 15) is 14.4 Å². The minimum absolute atomic E-state index is 0.0675. The van der Waals surface area contributed by atoms with E-state index in [-0.39, 0.29) is 17.8 Å². The van der Waals surface area contributed by atoms with Gasteiger partial charge in [-0.05, 0) is 37.0 Å². The topological polar surface area (TPSA) is 79.0 Å². The third kappa shape index (κ3) is 4.30. The van der Waals surface area contributed by atoms with E-state index in [2.05, 4.69) is 5.32 Å². The summed E-state index contributed by atoms with van der Waals surface area (Å²) < 4.78 is 5.43. The fourth-order valence-corrected chi connectivity index (χ4v) is 3.66. The van der Waals surface area contributed by atoms with E-state index in [1.807, 2.05) is 29.2 Å². The number of anilines is 1. The van der Waals surface area contributed by atoms with Gasteiger partial charge in [-0.2, -0.15) is 0 Å². The summed E-state index contributed by atoms with van der Waals surface area (Å²) in [7, 11) is 0. The van der Waals surface area contributed by atoms with E-state index in [0.717, 1.165) is 50.3 Å². The lowest BCUT2D eigenvalue weighted by molar-refractivity contribution is -0.139. The monoisotopic (exact) mass is 371 g/mol. The molecular formula is C20H25N3O4. The molecular weight excluding hydrogens is 346 g/mol. The predicted molar refractivity (Wildman–Crippen MR) is 98.9 cm³/mol. The first kappa shape index (κ1) is 18.0. The largest absolute Gasteiger partial charge is 0.381 e. The van der Waals surface area contributed by atoms with Crippen molar-refractivity contribution in [3.8, 4) is 0 Å². The highest BCUT2D eigenvalue weighted by Crippen LogP contribution is 2.29. The van der Waals surface area contributed by atoms with Crippen LogP contribution < -0.4 is 5.32 Å². The lowest BCUT2D eigenvalue weighted by atomic mass is 10.1. The number of nitrogens with zero attached hydrogens (tertiary/aromatic N) is 2. The minimum Gasteiger partial charge on any atom is -0.381 e. The summed E-state index contributed by atoms with van der Waals surface area (Å²) in [5, 5.41) is 2.97. The number of ether oxygens (including phenoxy) is 1. The second-order valence-corrected chi connectivity index (χ2v) is 7.61. The van der Waals surface area contributed by atoms with Crippen LogP contribution in [0.4, 0.5) is 10.5 Å². The normalized spacial score (nSPS) is 22.4. The summed E-state index contributed by atoms with van der Waals surface area (Å²) in [6.45, 7) is 2.56. The average molecular weight is 371 g/mol. The zero-order valence-corrected chi connectivity index (χ0v) is 15.4. The zero-order chi connectivity index (χ0) is 18.8. The van der Waals surface area contributed by atoms with Crippen molar-refractivity contribution in [1.29, 1.82) is 0 Å². The quantitative estimate of drug-likeness (QED) is 0.779. The van der Waals surface area contributed by atoms with Crippen LogP contribution in [0.2, 0.25) is 0 Å². The van der Waals surface area contributed by atoms with Crippen LogP contribution in [-0.2, 0) is 20.9 Å². The Labute approximate surface area is 158 Å². The van der Waals surface area contributed by atoms with Gasteiger partial charge in [-0.15, -0.1) is 0 Å². The van der Waals surface area contributed by atoms with Crippen LogP contribution in [-0.4, -0.2) is 53.4 Å². The van der Waals surface area contributed by atoms with Crippen LogP contribution in [0.25, 0.3) is 0 Å². The highest BCUT2D eigenvalue weighted by Gasteiger charge is 2.35. The number of likely N-dealkylation sites (tertiary alicyclic amines) is 1. The van der Waals surface area contributed by atoms with Crippen LogP contribution in [0.1, 0.15) is 37.7 Å².